The van der Waals surface area contributed by atoms with Crippen molar-refractivity contribution < 1.29 is 19.1 Å². The lowest BCUT2D eigenvalue weighted by molar-refractivity contribution is -0.124. The molecule has 0 radical (unpaired) electrons. The van der Waals surface area contributed by atoms with Crippen LogP contribution in [0.5, 0.6) is 5.75 Å². The van der Waals surface area contributed by atoms with Crippen LogP contribution in [0.3, 0.4) is 0 Å². The van der Waals surface area contributed by atoms with Gasteiger partial charge in [0.1, 0.15) is 5.75 Å². The van der Waals surface area contributed by atoms with Crippen LogP contribution in [0.1, 0.15) is 30.6 Å². The van der Waals surface area contributed by atoms with E-state index >= 15 is 0 Å². The zero-order valence-corrected chi connectivity index (χ0v) is 15.8. The highest BCUT2D eigenvalue weighted by Crippen LogP contribution is 2.29. The zero-order chi connectivity index (χ0) is 19.2. The van der Waals surface area contributed by atoms with Crippen LogP contribution in [0, 0.1) is 0 Å². The number of anilines is 1. The van der Waals surface area contributed by atoms with Gasteiger partial charge in [-0.3, -0.25) is 15.1 Å². The highest BCUT2D eigenvalue weighted by atomic mass is 32.1. The van der Waals surface area contributed by atoms with Gasteiger partial charge in [0.15, 0.2) is 11.2 Å². The maximum atomic E-state index is 12.5. The van der Waals surface area contributed by atoms with Crippen LogP contribution >= 0.6 is 11.3 Å². The van der Waals surface area contributed by atoms with E-state index < -0.39 is 18.0 Å². The second-order valence-corrected chi connectivity index (χ2v) is 6.65. The number of fused-ring (bicyclic) bond motifs is 1. The van der Waals surface area contributed by atoms with Crippen LogP contribution in [0.4, 0.5) is 5.13 Å². The number of carbonyl (C=O) groups excluding carboxylic acids is 2. The molecular weight excluding hydrogens is 366 g/mol. The van der Waals surface area contributed by atoms with Crippen LogP contribution in [0.2, 0.25) is 0 Å². The van der Waals surface area contributed by atoms with E-state index in [1.807, 2.05) is 25.1 Å². The molecule has 0 aliphatic heterocycles. The smallest absolute Gasteiger partial charge is 0.340 e. The fraction of sp³-hybridized carbons (Fsp3) is 0.263. The lowest BCUT2D eigenvalue weighted by Crippen LogP contribution is -2.32. The Morgan fingerprint density at radius 1 is 1.26 bits per heavy atom. The molecule has 0 aliphatic carbocycles. The standard InChI is InChI=1S/C19H19N3O4S/c1-3-15(26-18(24)12-6-5-9-20-11-12)17(23)22-19-21-14-8-7-13(25-4-2)10-16(14)27-19/h5-11,15H,3-4H2,1-2H3,(H,21,22,23). The Balaban J connectivity index is 1.69. The number of nitrogens with zero attached hydrogens (tertiary/aromatic N) is 2. The number of benzene rings is 1. The first-order valence-electron chi connectivity index (χ1n) is 8.56. The minimum Gasteiger partial charge on any atom is -0.494 e. The van der Waals surface area contributed by atoms with Crippen molar-refractivity contribution in [3.63, 3.8) is 0 Å². The Hall–Kier alpha value is -3.00. The monoisotopic (exact) mass is 385 g/mol. The van der Waals surface area contributed by atoms with Crippen molar-refractivity contribution in [3.05, 3.63) is 48.3 Å². The molecule has 0 bridgehead atoms. The number of rotatable bonds is 7. The van der Waals surface area contributed by atoms with E-state index in [0.717, 1.165) is 16.0 Å². The summed E-state index contributed by atoms with van der Waals surface area (Å²) in [5, 5.41) is 3.17. The van der Waals surface area contributed by atoms with Crippen LogP contribution in [0.25, 0.3) is 10.2 Å². The summed E-state index contributed by atoms with van der Waals surface area (Å²) in [5.74, 6) is -0.252. The SMILES string of the molecule is CCOc1ccc2nc(NC(=O)C(CC)OC(=O)c3cccnc3)sc2c1. The maximum Gasteiger partial charge on any atom is 0.340 e. The summed E-state index contributed by atoms with van der Waals surface area (Å²) in [4.78, 5) is 32.9. The fourth-order valence-corrected chi connectivity index (χ4v) is 3.30. The average molecular weight is 385 g/mol. The Morgan fingerprint density at radius 3 is 2.81 bits per heavy atom. The molecule has 2 aromatic heterocycles. The van der Waals surface area contributed by atoms with Crippen LogP contribution in [0.15, 0.2) is 42.7 Å². The van der Waals surface area contributed by atoms with Gasteiger partial charge in [-0.05, 0) is 43.7 Å². The molecule has 0 fully saturated rings. The summed E-state index contributed by atoms with van der Waals surface area (Å²) in [7, 11) is 0. The van der Waals surface area contributed by atoms with Gasteiger partial charge in [0.2, 0.25) is 0 Å². The van der Waals surface area contributed by atoms with Gasteiger partial charge >= 0.3 is 5.97 Å². The Kier molecular flexibility index (Phi) is 5.97. The van der Waals surface area contributed by atoms with E-state index in [1.54, 1.807) is 25.3 Å². The molecular formula is C19H19N3O4S. The topological polar surface area (TPSA) is 90.4 Å². The molecule has 3 aromatic rings. The molecule has 7 nitrogen and oxygen atoms in total. The molecule has 140 valence electrons. The van der Waals surface area contributed by atoms with Crippen molar-refractivity contribution in [3.8, 4) is 5.75 Å². The first-order chi connectivity index (χ1) is 13.1. The maximum absolute atomic E-state index is 12.5. The second kappa shape index (κ2) is 8.59. The number of esters is 1. The summed E-state index contributed by atoms with van der Waals surface area (Å²) in [6.07, 6.45) is 2.39. The largest absolute Gasteiger partial charge is 0.494 e. The van der Waals surface area contributed by atoms with E-state index in [9.17, 15) is 9.59 Å². The van der Waals surface area contributed by atoms with E-state index in [0.29, 0.717) is 23.7 Å². The van der Waals surface area contributed by atoms with Crippen molar-refractivity contribution in [2.24, 2.45) is 0 Å². The number of nitrogens with one attached hydrogen (secondary N) is 1. The molecule has 1 unspecified atom stereocenters. The third kappa shape index (κ3) is 4.59. The van der Waals surface area contributed by atoms with Gasteiger partial charge < -0.3 is 9.47 Å². The number of thiazole rings is 1. The minimum absolute atomic E-state index is 0.298. The van der Waals surface area contributed by atoms with Gasteiger partial charge in [0.25, 0.3) is 5.91 Å². The number of aromatic nitrogens is 2. The van der Waals surface area contributed by atoms with E-state index in [-0.39, 0.29) is 0 Å². The van der Waals surface area contributed by atoms with Gasteiger partial charge in [0.05, 0.1) is 22.4 Å². The van der Waals surface area contributed by atoms with Gasteiger partial charge in [-0.2, -0.15) is 0 Å². The third-order valence-electron chi connectivity index (χ3n) is 3.71. The molecule has 0 saturated heterocycles. The Labute approximate surface area is 160 Å². The molecule has 1 atom stereocenters. The molecule has 1 N–H and O–H groups in total. The molecule has 27 heavy (non-hydrogen) atoms. The van der Waals surface area contributed by atoms with Crippen LogP contribution in [-0.4, -0.2) is 34.6 Å². The molecule has 2 heterocycles. The average Bonchev–Trinajstić information content (AvgIpc) is 3.08. The quantitative estimate of drug-likeness (QED) is 0.624. The molecule has 0 aliphatic rings. The third-order valence-corrected chi connectivity index (χ3v) is 4.64. The van der Waals surface area contributed by atoms with Crippen LogP contribution in [-0.2, 0) is 9.53 Å². The van der Waals surface area contributed by atoms with Gasteiger partial charge in [-0.25, -0.2) is 9.78 Å². The Morgan fingerprint density at radius 2 is 2.11 bits per heavy atom. The fourth-order valence-electron chi connectivity index (χ4n) is 2.40. The minimum atomic E-state index is -0.913. The summed E-state index contributed by atoms with van der Waals surface area (Å²) < 4.78 is 11.7. The predicted octanol–water partition coefficient (Wildman–Crippen LogP) is 3.66. The molecule has 8 heteroatoms. The first-order valence-corrected chi connectivity index (χ1v) is 9.37. The van der Waals surface area contributed by atoms with Crippen molar-refractivity contribution >= 4 is 38.6 Å². The Bertz CT molecular complexity index is 943. The van der Waals surface area contributed by atoms with Gasteiger partial charge in [-0.1, -0.05) is 18.3 Å². The van der Waals surface area contributed by atoms with Crippen molar-refractivity contribution in [1.29, 1.82) is 0 Å². The molecule has 1 aromatic carbocycles. The number of hydrogen-bond donors (Lipinski definition) is 1. The highest BCUT2D eigenvalue weighted by molar-refractivity contribution is 7.22. The summed E-state index contributed by atoms with van der Waals surface area (Å²) in [5.41, 5.74) is 1.06. The number of carbonyl (C=O) groups is 2. The lowest BCUT2D eigenvalue weighted by atomic mass is 10.2. The molecule has 1 amide bonds. The normalized spacial score (nSPS) is 11.8. The molecule has 3 rings (SSSR count). The number of hydrogen-bond acceptors (Lipinski definition) is 7. The summed E-state index contributed by atoms with van der Waals surface area (Å²) in [6.45, 7) is 4.27. The number of amides is 1. The number of ether oxygens (including phenoxy) is 2. The zero-order valence-electron chi connectivity index (χ0n) is 15.0. The van der Waals surface area contributed by atoms with E-state index in [4.69, 9.17) is 9.47 Å². The second-order valence-electron chi connectivity index (χ2n) is 5.61. The lowest BCUT2D eigenvalue weighted by Gasteiger charge is -2.14. The predicted molar refractivity (Wildman–Crippen MR) is 103 cm³/mol. The van der Waals surface area contributed by atoms with E-state index in [2.05, 4.69) is 15.3 Å². The highest BCUT2D eigenvalue weighted by Gasteiger charge is 2.23. The van der Waals surface area contributed by atoms with Crippen molar-refractivity contribution in [1.82, 2.24) is 9.97 Å². The molecule has 0 spiro atoms. The van der Waals surface area contributed by atoms with Gasteiger partial charge in [-0.15, -0.1) is 0 Å². The van der Waals surface area contributed by atoms with Crippen LogP contribution < -0.4 is 10.1 Å². The summed E-state index contributed by atoms with van der Waals surface area (Å²) >= 11 is 1.34. The van der Waals surface area contributed by atoms with E-state index in [1.165, 1.54) is 17.5 Å². The number of pyridine rings is 1. The van der Waals surface area contributed by atoms with Crippen molar-refractivity contribution in [2.75, 3.05) is 11.9 Å². The van der Waals surface area contributed by atoms with Gasteiger partial charge in [0, 0.05) is 12.4 Å². The molecule has 0 saturated carbocycles. The summed E-state index contributed by atoms with van der Waals surface area (Å²) in [6, 6.07) is 8.78. The first kappa shape index (κ1) is 18.8. The van der Waals surface area contributed by atoms with Crippen molar-refractivity contribution in [2.45, 2.75) is 26.4 Å².